The lowest BCUT2D eigenvalue weighted by Crippen LogP contribution is -2.42. The molecule has 1 amide bonds. The Bertz CT molecular complexity index is 492. The van der Waals surface area contributed by atoms with Gasteiger partial charge in [-0.05, 0) is 56.5 Å². The average molecular weight is 339 g/mol. The molecule has 1 aromatic carbocycles. The molecule has 2 atom stereocenters. The molecule has 0 saturated carbocycles. The maximum atomic E-state index is 12.8. The van der Waals surface area contributed by atoms with E-state index in [9.17, 15) is 4.79 Å². The maximum Gasteiger partial charge on any atom is 0.254 e. The number of nitrogens with one attached hydrogen (secondary N) is 1. The topological polar surface area (TPSA) is 41.6 Å². The fourth-order valence-corrected chi connectivity index (χ4v) is 3.49. The van der Waals surface area contributed by atoms with Crippen LogP contribution in [0.15, 0.2) is 24.3 Å². The number of amides is 1. The van der Waals surface area contributed by atoms with E-state index in [0.717, 1.165) is 63.1 Å². The Hall–Kier alpha value is -1.26. The molecule has 1 aromatic rings. The van der Waals surface area contributed by atoms with E-state index in [0.29, 0.717) is 12.1 Å². The Morgan fingerprint density at radius 2 is 1.96 bits per heavy atom. The molecule has 128 valence electrons. The minimum atomic E-state index is 0. The number of carbonyl (C=O) groups is 1. The molecule has 5 heteroatoms. The van der Waals surface area contributed by atoms with Gasteiger partial charge in [0.25, 0.3) is 5.91 Å². The van der Waals surface area contributed by atoms with Crippen LogP contribution in [0.1, 0.15) is 49.4 Å². The molecule has 2 aliphatic rings. The fraction of sp³-hybridized carbons (Fsp3) is 0.611. The summed E-state index contributed by atoms with van der Waals surface area (Å²) in [7, 11) is 0. The van der Waals surface area contributed by atoms with Crippen LogP contribution in [0.3, 0.4) is 0 Å². The number of halogens is 1. The summed E-state index contributed by atoms with van der Waals surface area (Å²) in [6.45, 7) is 4.84. The van der Waals surface area contributed by atoms with Gasteiger partial charge in [-0.25, -0.2) is 0 Å². The van der Waals surface area contributed by atoms with Gasteiger partial charge in [0.15, 0.2) is 0 Å². The van der Waals surface area contributed by atoms with Crippen LogP contribution >= 0.6 is 12.4 Å². The van der Waals surface area contributed by atoms with Gasteiger partial charge in [-0.1, -0.05) is 13.3 Å². The molecule has 2 unspecified atom stereocenters. The van der Waals surface area contributed by atoms with Gasteiger partial charge < -0.3 is 15.0 Å². The third-order valence-corrected chi connectivity index (χ3v) is 4.76. The Kier molecular flexibility index (Phi) is 6.72. The second kappa shape index (κ2) is 8.55. The summed E-state index contributed by atoms with van der Waals surface area (Å²) >= 11 is 0. The molecule has 2 saturated heterocycles. The second-order valence-corrected chi connectivity index (χ2v) is 6.32. The molecule has 4 nitrogen and oxygen atoms in total. The van der Waals surface area contributed by atoms with E-state index in [-0.39, 0.29) is 18.3 Å². The Morgan fingerprint density at radius 3 is 2.70 bits per heavy atom. The second-order valence-electron chi connectivity index (χ2n) is 6.32. The lowest BCUT2D eigenvalue weighted by Gasteiger charge is -2.28. The van der Waals surface area contributed by atoms with Crippen LogP contribution in [0.2, 0.25) is 0 Å². The van der Waals surface area contributed by atoms with Gasteiger partial charge in [0.05, 0.1) is 6.61 Å². The van der Waals surface area contributed by atoms with Gasteiger partial charge in [0.2, 0.25) is 0 Å². The van der Waals surface area contributed by atoms with Gasteiger partial charge >= 0.3 is 0 Å². The fourth-order valence-electron chi connectivity index (χ4n) is 3.49. The molecule has 2 heterocycles. The van der Waals surface area contributed by atoms with Crippen LogP contribution in [0.25, 0.3) is 0 Å². The van der Waals surface area contributed by atoms with Crippen molar-refractivity contribution >= 4 is 18.3 Å². The molecular formula is C18H27ClN2O2. The lowest BCUT2D eigenvalue weighted by atomic mass is 10.1. The van der Waals surface area contributed by atoms with Gasteiger partial charge in [-0.15, -0.1) is 12.4 Å². The minimum Gasteiger partial charge on any atom is -0.494 e. The van der Waals surface area contributed by atoms with Crippen molar-refractivity contribution < 1.29 is 9.53 Å². The lowest BCUT2D eigenvalue weighted by molar-refractivity contribution is 0.0680. The number of fused-ring (bicyclic) bond motifs is 2. The highest BCUT2D eigenvalue weighted by atomic mass is 35.5. The summed E-state index contributed by atoms with van der Waals surface area (Å²) in [4.78, 5) is 15.0. The molecule has 2 fully saturated rings. The highest BCUT2D eigenvalue weighted by molar-refractivity contribution is 5.95. The first-order valence-corrected chi connectivity index (χ1v) is 8.56. The number of nitrogens with zero attached hydrogens (tertiary/aromatic N) is 1. The van der Waals surface area contributed by atoms with E-state index in [1.807, 2.05) is 24.3 Å². The summed E-state index contributed by atoms with van der Waals surface area (Å²) < 4.78 is 5.67. The molecule has 2 bridgehead atoms. The highest BCUT2D eigenvalue weighted by Gasteiger charge is 2.38. The normalized spacial score (nSPS) is 23.1. The van der Waals surface area contributed by atoms with Crippen molar-refractivity contribution in [2.45, 2.75) is 51.1 Å². The van der Waals surface area contributed by atoms with Crippen LogP contribution in [0.5, 0.6) is 5.75 Å². The summed E-state index contributed by atoms with van der Waals surface area (Å²) in [5.41, 5.74) is 0.779. The van der Waals surface area contributed by atoms with Crippen molar-refractivity contribution in [2.75, 3.05) is 19.7 Å². The van der Waals surface area contributed by atoms with Crippen molar-refractivity contribution in [1.29, 1.82) is 0 Å². The largest absolute Gasteiger partial charge is 0.494 e. The van der Waals surface area contributed by atoms with Crippen LogP contribution in [0.4, 0.5) is 0 Å². The molecule has 3 rings (SSSR count). The third kappa shape index (κ3) is 4.18. The highest BCUT2D eigenvalue weighted by Crippen LogP contribution is 2.29. The minimum absolute atomic E-state index is 0. The summed E-state index contributed by atoms with van der Waals surface area (Å²) in [5, 5.41) is 3.44. The number of benzene rings is 1. The quantitative estimate of drug-likeness (QED) is 0.838. The zero-order chi connectivity index (χ0) is 15.4. The first kappa shape index (κ1) is 18.1. The Balaban J connectivity index is 0.00000192. The smallest absolute Gasteiger partial charge is 0.254 e. The number of unbranched alkanes of at least 4 members (excludes halogenated alkanes) is 1. The van der Waals surface area contributed by atoms with Crippen molar-refractivity contribution in [3.63, 3.8) is 0 Å². The zero-order valence-electron chi connectivity index (χ0n) is 13.8. The molecule has 1 N–H and O–H groups in total. The molecule has 2 aliphatic heterocycles. The standard InChI is InChI=1S/C18H26N2O2.ClH/c1-2-3-12-22-17-8-4-14(5-9-17)18(21)20-15-6-7-16(20)13-19-11-10-15;/h4-5,8-9,15-16,19H,2-3,6-7,10-13H2,1H3;1H. The van der Waals surface area contributed by atoms with Crippen LogP contribution < -0.4 is 10.1 Å². The van der Waals surface area contributed by atoms with Crippen LogP contribution in [0, 0.1) is 0 Å². The van der Waals surface area contributed by atoms with Gasteiger partial charge in [0, 0.05) is 24.2 Å². The third-order valence-electron chi connectivity index (χ3n) is 4.76. The molecule has 23 heavy (non-hydrogen) atoms. The zero-order valence-corrected chi connectivity index (χ0v) is 14.6. The van der Waals surface area contributed by atoms with Crippen molar-refractivity contribution in [3.05, 3.63) is 29.8 Å². The van der Waals surface area contributed by atoms with Crippen molar-refractivity contribution in [1.82, 2.24) is 10.2 Å². The average Bonchev–Trinajstić information content (AvgIpc) is 2.80. The first-order chi connectivity index (χ1) is 10.8. The number of hydrogen-bond donors (Lipinski definition) is 1. The number of hydrogen-bond acceptors (Lipinski definition) is 3. The molecule has 0 radical (unpaired) electrons. The molecule has 0 spiro atoms. The van der Waals surface area contributed by atoms with Crippen LogP contribution in [-0.4, -0.2) is 42.6 Å². The number of rotatable bonds is 5. The molecule has 0 aromatic heterocycles. The summed E-state index contributed by atoms with van der Waals surface area (Å²) in [6, 6.07) is 8.42. The summed E-state index contributed by atoms with van der Waals surface area (Å²) in [5.74, 6) is 1.03. The van der Waals surface area contributed by atoms with Crippen molar-refractivity contribution in [2.24, 2.45) is 0 Å². The van der Waals surface area contributed by atoms with Crippen LogP contribution in [-0.2, 0) is 0 Å². The molecule has 0 aliphatic carbocycles. The Morgan fingerprint density at radius 1 is 1.22 bits per heavy atom. The summed E-state index contributed by atoms with van der Waals surface area (Å²) in [6.07, 6.45) is 5.53. The van der Waals surface area contributed by atoms with E-state index in [1.165, 1.54) is 0 Å². The van der Waals surface area contributed by atoms with Gasteiger partial charge in [-0.3, -0.25) is 4.79 Å². The molecular weight excluding hydrogens is 312 g/mol. The van der Waals surface area contributed by atoms with E-state index in [2.05, 4.69) is 17.1 Å². The monoisotopic (exact) mass is 338 g/mol. The van der Waals surface area contributed by atoms with E-state index < -0.39 is 0 Å². The maximum absolute atomic E-state index is 12.8. The SMILES string of the molecule is CCCCOc1ccc(C(=O)N2C3CCNCC2CC3)cc1.Cl. The van der Waals surface area contributed by atoms with E-state index in [4.69, 9.17) is 4.74 Å². The van der Waals surface area contributed by atoms with Gasteiger partial charge in [-0.2, -0.15) is 0 Å². The predicted octanol–water partition coefficient (Wildman–Crippen LogP) is 3.25. The van der Waals surface area contributed by atoms with E-state index >= 15 is 0 Å². The first-order valence-electron chi connectivity index (χ1n) is 8.56. The number of ether oxygens (including phenoxy) is 1. The van der Waals surface area contributed by atoms with Gasteiger partial charge in [0.1, 0.15) is 5.75 Å². The van der Waals surface area contributed by atoms with Crippen molar-refractivity contribution in [3.8, 4) is 5.75 Å². The number of carbonyl (C=O) groups excluding carboxylic acids is 1. The Labute approximate surface area is 145 Å². The predicted molar refractivity (Wildman–Crippen MR) is 94.6 cm³/mol. The van der Waals surface area contributed by atoms with E-state index in [1.54, 1.807) is 0 Å².